The lowest BCUT2D eigenvalue weighted by Crippen LogP contribution is -2.31. The molecule has 0 spiro atoms. The molecule has 0 amide bonds. The average Bonchev–Trinajstić information content (AvgIpc) is 2.46. The molecule has 2 aromatic rings. The Labute approximate surface area is 115 Å². The van der Waals surface area contributed by atoms with E-state index in [0.717, 1.165) is 17.7 Å². The molecule has 0 bridgehead atoms. The van der Waals surface area contributed by atoms with Crippen LogP contribution >= 0.6 is 0 Å². The predicted molar refractivity (Wildman–Crippen MR) is 82.0 cm³/mol. The Morgan fingerprint density at radius 2 is 1.63 bits per heavy atom. The largest absolute Gasteiger partial charge is 0.398 e. The first-order valence-corrected chi connectivity index (χ1v) is 6.87. The third-order valence-corrected chi connectivity index (χ3v) is 3.50. The van der Waals surface area contributed by atoms with Crippen molar-refractivity contribution in [2.45, 2.75) is 32.4 Å². The second-order valence-corrected chi connectivity index (χ2v) is 4.95. The number of nitrogen functional groups attached to an aromatic ring is 1. The van der Waals surface area contributed by atoms with E-state index >= 15 is 0 Å². The summed E-state index contributed by atoms with van der Waals surface area (Å²) in [6, 6.07) is 19.1. The van der Waals surface area contributed by atoms with E-state index in [1.807, 2.05) is 24.3 Å². The van der Waals surface area contributed by atoms with E-state index in [1.165, 1.54) is 5.56 Å². The summed E-state index contributed by atoms with van der Waals surface area (Å²) in [5.41, 5.74) is 9.37. The lowest BCUT2D eigenvalue weighted by molar-refractivity contribution is 0.488. The summed E-state index contributed by atoms with van der Waals surface area (Å²) >= 11 is 0. The van der Waals surface area contributed by atoms with Gasteiger partial charge < -0.3 is 11.1 Å². The summed E-state index contributed by atoms with van der Waals surface area (Å²) in [6.45, 7) is 4.39. The molecule has 100 valence electrons. The molecule has 2 rings (SSSR count). The van der Waals surface area contributed by atoms with Crippen LogP contribution in [0.5, 0.6) is 0 Å². The van der Waals surface area contributed by atoms with Gasteiger partial charge in [0.2, 0.25) is 0 Å². The highest BCUT2D eigenvalue weighted by Gasteiger charge is 2.17. The fourth-order valence-electron chi connectivity index (χ4n) is 2.19. The van der Waals surface area contributed by atoms with Crippen LogP contribution in [0, 0.1) is 0 Å². The quantitative estimate of drug-likeness (QED) is 0.798. The van der Waals surface area contributed by atoms with E-state index in [1.54, 1.807) is 0 Å². The summed E-state index contributed by atoms with van der Waals surface area (Å²) < 4.78 is 0. The Bertz CT molecular complexity index is 508. The maximum absolute atomic E-state index is 6.14. The van der Waals surface area contributed by atoms with Gasteiger partial charge in [0.15, 0.2) is 0 Å². The highest BCUT2D eigenvalue weighted by atomic mass is 14.9. The molecule has 0 heterocycles. The van der Waals surface area contributed by atoms with Gasteiger partial charge in [-0.25, -0.2) is 0 Å². The summed E-state index contributed by atoms with van der Waals surface area (Å²) in [4.78, 5) is 0. The molecule has 0 aliphatic heterocycles. The molecule has 0 aromatic heterocycles. The summed E-state index contributed by atoms with van der Waals surface area (Å²) in [5, 5.41) is 3.66. The molecular weight excluding hydrogens is 232 g/mol. The van der Waals surface area contributed by atoms with E-state index in [2.05, 4.69) is 49.5 Å². The van der Waals surface area contributed by atoms with Crippen LogP contribution in [0.1, 0.15) is 37.4 Å². The number of rotatable bonds is 5. The van der Waals surface area contributed by atoms with Gasteiger partial charge in [0.25, 0.3) is 0 Å². The van der Waals surface area contributed by atoms with Crippen LogP contribution < -0.4 is 11.1 Å². The van der Waals surface area contributed by atoms with Crippen molar-refractivity contribution in [1.29, 1.82) is 0 Å². The normalized spacial score (nSPS) is 14.0. The van der Waals surface area contributed by atoms with Gasteiger partial charge in [-0.3, -0.25) is 0 Å². The molecule has 19 heavy (non-hydrogen) atoms. The van der Waals surface area contributed by atoms with Crippen LogP contribution in [0.25, 0.3) is 0 Å². The van der Waals surface area contributed by atoms with E-state index in [9.17, 15) is 0 Å². The predicted octanol–water partition coefficient (Wildman–Crippen LogP) is 3.75. The average molecular weight is 254 g/mol. The van der Waals surface area contributed by atoms with Crippen LogP contribution in [-0.2, 0) is 0 Å². The van der Waals surface area contributed by atoms with Crippen molar-refractivity contribution in [3.05, 3.63) is 65.7 Å². The summed E-state index contributed by atoms with van der Waals surface area (Å²) in [6.07, 6.45) is 1.09. The Morgan fingerprint density at radius 1 is 1.00 bits per heavy atom. The van der Waals surface area contributed by atoms with Crippen LogP contribution in [0.15, 0.2) is 54.6 Å². The number of nitrogens with two attached hydrogens (primary N) is 1. The minimum Gasteiger partial charge on any atom is -0.398 e. The molecule has 2 atom stereocenters. The fraction of sp³-hybridized carbons (Fsp3) is 0.294. The van der Waals surface area contributed by atoms with Crippen molar-refractivity contribution >= 4 is 5.69 Å². The zero-order chi connectivity index (χ0) is 13.7. The van der Waals surface area contributed by atoms with Crippen LogP contribution in [0.3, 0.4) is 0 Å². The minimum atomic E-state index is 0.150. The first-order valence-electron chi connectivity index (χ1n) is 6.87. The minimum absolute atomic E-state index is 0.150. The molecule has 2 aromatic carbocycles. The standard InChI is InChI=1S/C17H22N2/c1-3-13(2)19-17(14-9-5-4-6-10-14)15-11-7-8-12-16(15)18/h4-13,17,19H,3,18H2,1-2H3. The number of nitrogens with one attached hydrogen (secondary N) is 1. The van der Waals surface area contributed by atoms with Crippen molar-refractivity contribution in [1.82, 2.24) is 5.32 Å². The van der Waals surface area contributed by atoms with Crippen molar-refractivity contribution in [2.75, 3.05) is 5.73 Å². The van der Waals surface area contributed by atoms with Crippen LogP contribution in [0.2, 0.25) is 0 Å². The Morgan fingerprint density at radius 3 is 2.26 bits per heavy atom. The molecule has 0 radical (unpaired) electrons. The van der Waals surface area contributed by atoms with Crippen LogP contribution in [0.4, 0.5) is 5.69 Å². The van der Waals surface area contributed by atoms with Gasteiger partial charge in [0, 0.05) is 11.7 Å². The second kappa shape index (κ2) is 6.39. The van der Waals surface area contributed by atoms with Gasteiger partial charge in [-0.05, 0) is 30.5 Å². The van der Waals surface area contributed by atoms with Gasteiger partial charge in [0.05, 0.1) is 6.04 Å². The molecule has 0 aliphatic carbocycles. The number of hydrogen-bond acceptors (Lipinski definition) is 2. The van der Waals surface area contributed by atoms with Gasteiger partial charge >= 0.3 is 0 Å². The topological polar surface area (TPSA) is 38.0 Å². The maximum Gasteiger partial charge on any atom is 0.0599 e. The highest BCUT2D eigenvalue weighted by Crippen LogP contribution is 2.27. The first kappa shape index (κ1) is 13.6. The number of hydrogen-bond donors (Lipinski definition) is 2. The molecule has 0 aliphatic rings. The molecule has 3 N–H and O–H groups in total. The Hall–Kier alpha value is -1.80. The Kier molecular flexibility index (Phi) is 4.58. The smallest absolute Gasteiger partial charge is 0.0599 e. The van der Waals surface area contributed by atoms with Crippen molar-refractivity contribution in [2.24, 2.45) is 0 Å². The lowest BCUT2D eigenvalue weighted by Gasteiger charge is -2.24. The van der Waals surface area contributed by atoms with Gasteiger partial charge in [-0.2, -0.15) is 0 Å². The highest BCUT2D eigenvalue weighted by molar-refractivity contribution is 5.51. The molecule has 0 saturated heterocycles. The Balaban J connectivity index is 2.38. The third kappa shape index (κ3) is 3.36. The zero-order valence-corrected chi connectivity index (χ0v) is 11.6. The van der Waals surface area contributed by atoms with E-state index < -0.39 is 0 Å². The molecule has 2 heteroatoms. The molecule has 2 nitrogen and oxygen atoms in total. The summed E-state index contributed by atoms with van der Waals surface area (Å²) in [5.74, 6) is 0. The fourth-order valence-corrected chi connectivity index (χ4v) is 2.19. The molecule has 2 unspecified atom stereocenters. The third-order valence-electron chi connectivity index (χ3n) is 3.50. The zero-order valence-electron chi connectivity index (χ0n) is 11.6. The van der Waals surface area contributed by atoms with E-state index in [4.69, 9.17) is 5.73 Å². The molecule has 0 saturated carbocycles. The van der Waals surface area contributed by atoms with Gasteiger partial charge in [-0.15, -0.1) is 0 Å². The number of benzene rings is 2. The van der Waals surface area contributed by atoms with Crippen molar-refractivity contribution in [3.63, 3.8) is 0 Å². The van der Waals surface area contributed by atoms with Gasteiger partial charge in [-0.1, -0.05) is 55.5 Å². The monoisotopic (exact) mass is 254 g/mol. The van der Waals surface area contributed by atoms with E-state index in [0.29, 0.717) is 6.04 Å². The number of para-hydroxylation sites is 1. The van der Waals surface area contributed by atoms with E-state index in [-0.39, 0.29) is 6.04 Å². The lowest BCUT2D eigenvalue weighted by atomic mass is 9.96. The second-order valence-electron chi connectivity index (χ2n) is 4.95. The SMILES string of the molecule is CCC(C)NC(c1ccccc1)c1ccccc1N. The molecular formula is C17H22N2. The number of anilines is 1. The first-order chi connectivity index (χ1) is 9.22. The van der Waals surface area contributed by atoms with Crippen LogP contribution in [-0.4, -0.2) is 6.04 Å². The maximum atomic E-state index is 6.14. The summed E-state index contributed by atoms with van der Waals surface area (Å²) in [7, 11) is 0. The van der Waals surface area contributed by atoms with Crippen molar-refractivity contribution in [3.8, 4) is 0 Å². The molecule has 0 fully saturated rings. The van der Waals surface area contributed by atoms with Gasteiger partial charge in [0.1, 0.15) is 0 Å². The van der Waals surface area contributed by atoms with Crippen molar-refractivity contribution < 1.29 is 0 Å².